The molecule has 0 saturated carbocycles. The molecule has 1 heterocycles. The van der Waals surface area contributed by atoms with Gasteiger partial charge in [0.15, 0.2) is 0 Å². The Balaban J connectivity index is 2.12. The quantitative estimate of drug-likeness (QED) is 0.751. The minimum atomic E-state index is 0.614. The third-order valence-corrected chi connectivity index (χ3v) is 3.65. The molecule has 0 saturated heterocycles. The molecule has 0 aliphatic heterocycles. The molecular weight excluding hydrogens is 278 g/mol. The molecule has 22 heavy (non-hydrogen) atoms. The first kappa shape index (κ1) is 14.3. The van der Waals surface area contributed by atoms with Crippen molar-refractivity contribution < 1.29 is 9.47 Å². The van der Waals surface area contributed by atoms with Crippen molar-refractivity contribution >= 4 is 16.7 Å². The number of aryl methyl sites for hydroxylation is 1. The lowest BCUT2D eigenvalue weighted by Gasteiger charge is -2.07. The maximum absolute atomic E-state index is 5.88. The predicted octanol–water partition coefficient (Wildman–Crippen LogP) is 3.23. The van der Waals surface area contributed by atoms with Crippen LogP contribution >= 0.6 is 0 Å². The third kappa shape index (κ3) is 2.35. The average molecular weight is 297 g/mol. The number of nitrogens with zero attached hydrogens (tertiary/aromatic N) is 2. The van der Waals surface area contributed by atoms with Gasteiger partial charge in [0.2, 0.25) is 0 Å². The molecule has 0 radical (unpaired) electrons. The van der Waals surface area contributed by atoms with E-state index in [1.807, 2.05) is 50.4 Å². The highest BCUT2D eigenvalue weighted by Gasteiger charge is 2.12. The van der Waals surface area contributed by atoms with Crippen molar-refractivity contribution in [1.82, 2.24) is 9.55 Å². The van der Waals surface area contributed by atoms with Gasteiger partial charge in [-0.25, -0.2) is 4.98 Å². The van der Waals surface area contributed by atoms with Gasteiger partial charge in [-0.05, 0) is 37.3 Å². The summed E-state index contributed by atoms with van der Waals surface area (Å²) < 4.78 is 12.9. The summed E-state index contributed by atoms with van der Waals surface area (Å²) >= 11 is 0. The number of benzene rings is 2. The molecule has 114 valence electrons. The Morgan fingerprint density at radius 3 is 2.73 bits per heavy atom. The largest absolute Gasteiger partial charge is 0.495 e. The van der Waals surface area contributed by atoms with E-state index in [0.717, 1.165) is 28.2 Å². The SMILES string of the molecule is CCOc1ccc2c(c1)nc(-c1ccc(N)c(OC)c1)n2C. The van der Waals surface area contributed by atoms with Gasteiger partial charge in [-0.3, -0.25) is 0 Å². The van der Waals surface area contributed by atoms with Crippen LogP contribution in [-0.4, -0.2) is 23.3 Å². The zero-order valence-electron chi connectivity index (χ0n) is 13.0. The van der Waals surface area contributed by atoms with Gasteiger partial charge in [0.05, 0.1) is 30.4 Å². The molecule has 2 aromatic carbocycles. The van der Waals surface area contributed by atoms with Gasteiger partial charge in [0, 0.05) is 18.7 Å². The lowest BCUT2D eigenvalue weighted by atomic mass is 10.2. The number of imidazole rings is 1. The Morgan fingerprint density at radius 2 is 2.00 bits per heavy atom. The predicted molar refractivity (Wildman–Crippen MR) is 88.3 cm³/mol. The van der Waals surface area contributed by atoms with Gasteiger partial charge >= 0.3 is 0 Å². The third-order valence-electron chi connectivity index (χ3n) is 3.65. The number of hydrogen-bond donors (Lipinski definition) is 1. The number of anilines is 1. The highest BCUT2D eigenvalue weighted by atomic mass is 16.5. The Hall–Kier alpha value is -2.69. The van der Waals surface area contributed by atoms with E-state index in [2.05, 4.69) is 4.57 Å². The van der Waals surface area contributed by atoms with Gasteiger partial charge in [-0.1, -0.05) is 0 Å². The fourth-order valence-corrected chi connectivity index (χ4v) is 2.54. The van der Waals surface area contributed by atoms with Gasteiger partial charge in [0.25, 0.3) is 0 Å². The van der Waals surface area contributed by atoms with Crippen molar-refractivity contribution in [1.29, 1.82) is 0 Å². The Labute approximate surface area is 129 Å². The van der Waals surface area contributed by atoms with E-state index in [1.165, 1.54) is 0 Å². The number of methoxy groups -OCH3 is 1. The Kier molecular flexibility index (Phi) is 3.63. The van der Waals surface area contributed by atoms with Crippen molar-refractivity contribution in [3.05, 3.63) is 36.4 Å². The van der Waals surface area contributed by atoms with E-state index < -0.39 is 0 Å². The molecule has 3 aromatic rings. The molecular formula is C17H19N3O2. The first-order chi connectivity index (χ1) is 10.6. The van der Waals surface area contributed by atoms with Gasteiger partial charge in [-0.15, -0.1) is 0 Å². The van der Waals surface area contributed by atoms with E-state index in [4.69, 9.17) is 20.2 Å². The highest BCUT2D eigenvalue weighted by molar-refractivity contribution is 5.82. The van der Waals surface area contributed by atoms with E-state index in [-0.39, 0.29) is 0 Å². The topological polar surface area (TPSA) is 62.3 Å². The summed E-state index contributed by atoms with van der Waals surface area (Å²) in [4.78, 5) is 4.72. The normalized spacial score (nSPS) is 10.9. The summed E-state index contributed by atoms with van der Waals surface area (Å²) in [5.74, 6) is 2.34. The molecule has 0 spiro atoms. The van der Waals surface area contributed by atoms with Gasteiger partial charge in [0.1, 0.15) is 17.3 Å². The van der Waals surface area contributed by atoms with Gasteiger partial charge in [-0.2, -0.15) is 0 Å². The number of hydrogen-bond acceptors (Lipinski definition) is 4. The summed E-state index contributed by atoms with van der Waals surface area (Å²) in [6, 6.07) is 11.6. The molecule has 0 atom stereocenters. The van der Waals surface area contributed by atoms with Crippen LogP contribution in [0.2, 0.25) is 0 Å². The lowest BCUT2D eigenvalue weighted by Crippen LogP contribution is -1.96. The molecule has 5 heteroatoms. The standard InChI is InChI=1S/C17H19N3O2/c1-4-22-12-6-8-15-14(10-12)19-17(20(15)2)11-5-7-13(18)16(9-11)21-3/h5-10H,4,18H2,1-3H3. The first-order valence-corrected chi connectivity index (χ1v) is 7.17. The van der Waals surface area contributed by atoms with E-state index in [1.54, 1.807) is 7.11 Å². The summed E-state index contributed by atoms with van der Waals surface area (Å²) in [7, 11) is 3.60. The van der Waals surface area contributed by atoms with Crippen LogP contribution in [0.1, 0.15) is 6.92 Å². The summed E-state index contributed by atoms with van der Waals surface area (Å²) in [5, 5.41) is 0. The van der Waals surface area contributed by atoms with Crippen molar-refractivity contribution in [2.75, 3.05) is 19.5 Å². The van der Waals surface area contributed by atoms with Crippen LogP contribution < -0.4 is 15.2 Å². The average Bonchev–Trinajstić information content (AvgIpc) is 2.85. The van der Waals surface area contributed by atoms with Crippen LogP contribution in [0.5, 0.6) is 11.5 Å². The van der Waals surface area contributed by atoms with Crippen molar-refractivity contribution in [3.63, 3.8) is 0 Å². The second kappa shape index (κ2) is 5.60. The Bertz CT molecular complexity index is 824. The van der Waals surface area contributed by atoms with Crippen molar-refractivity contribution in [3.8, 4) is 22.9 Å². The van der Waals surface area contributed by atoms with Crippen molar-refractivity contribution in [2.24, 2.45) is 7.05 Å². The Morgan fingerprint density at radius 1 is 1.18 bits per heavy atom. The van der Waals surface area contributed by atoms with E-state index >= 15 is 0 Å². The maximum atomic E-state index is 5.88. The van der Waals surface area contributed by atoms with Crippen LogP contribution in [0, 0.1) is 0 Å². The molecule has 0 bridgehead atoms. The number of aromatic nitrogens is 2. The summed E-state index contributed by atoms with van der Waals surface area (Å²) in [6.07, 6.45) is 0. The number of fused-ring (bicyclic) bond motifs is 1. The van der Waals surface area contributed by atoms with Crippen LogP contribution in [-0.2, 0) is 7.05 Å². The molecule has 0 amide bonds. The fourth-order valence-electron chi connectivity index (χ4n) is 2.54. The monoisotopic (exact) mass is 297 g/mol. The number of rotatable bonds is 4. The van der Waals surface area contributed by atoms with E-state index in [0.29, 0.717) is 18.0 Å². The van der Waals surface area contributed by atoms with E-state index in [9.17, 15) is 0 Å². The molecule has 2 N–H and O–H groups in total. The first-order valence-electron chi connectivity index (χ1n) is 7.17. The van der Waals surface area contributed by atoms with Crippen LogP contribution in [0.25, 0.3) is 22.4 Å². The molecule has 0 aliphatic rings. The second-order valence-electron chi connectivity index (χ2n) is 5.03. The molecule has 0 unspecified atom stereocenters. The van der Waals surface area contributed by atoms with Crippen LogP contribution in [0.3, 0.4) is 0 Å². The van der Waals surface area contributed by atoms with Crippen molar-refractivity contribution in [2.45, 2.75) is 6.92 Å². The van der Waals surface area contributed by atoms with Crippen LogP contribution in [0.4, 0.5) is 5.69 Å². The smallest absolute Gasteiger partial charge is 0.142 e. The molecule has 1 aromatic heterocycles. The molecule has 5 nitrogen and oxygen atoms in total. The zero-order chi connectivity index (χ0) is 15.7. The second-order valence-corrected chi connectivity index (χ2v) is 5.03. The maximum Gasteiger partial charge on any atom is 0.142 e. The minimum Gasteiger partial charge on any atom is -0.495 e. The van der Waals surface area contributed by atoms with Gasteiger partial charge < -0.3 is 19.8 Å². The zero-order valence-corrected chi connectivity index (χ0v) is 13.0. The summed E-state index contributed by atoms with van der Waals surface area (Å²) in [6.45, 7) is 2.61. The molecule has 0 fully saturated rings. The minimum absolute atomic E-state index is 0.614. The number of nitrogen functional groups attached to an aromatic ring is 1. The molecule has 0 aliphatic carbocycles. The summed E-state index contributed by atoms with van der Waals surface area (Å²) in [5.41, 5.74) is 9.40. The fraction of sp³-hybridized carbons (Fsp3) is 0.235. The number of nitrogens with two attached hydrogens (primary N) is 1. The lowest BCUT2D eigenvalue weighted by molar-refractivity contribution is 0.340. The molecule has 3 rings (SSSR count). The highest BCUT2D eigenvalue weighted by Crippen LogP contribution is 2.31. The number of ether oxygens (including phenoxy) is 2. The van der Waals surface area contributed by atoms with Crippen LogP contribution in [0.15, 0.2) is 36.4 Å².